The third-order valence-electron chi connectivity index (χ3n) is 6.42. The Kier molecular flexibility index (Phi) is 3.99. The van der Waals surface area contributed by atoms with E-state index in [-0.39, 0.29) is 30.8 Å². The summed E-state index contributed by atoms with van der Waals surface area (Å²) in [6.45, 7) is 3.20. The van der Waals surface area contributed by atoms with Crippen LogP contribution in [0.5, 0.6) is 0 Å². The van der Waals surface area contributed by atoms with Crippen LogP contribution in [0, 0.1) is 29.1 Å². The molecule has 0 aromatic heterocycles. The lowest BCUT2D eigenvalue weighted by Gasteiger charge is -2.36. The van der Waals surface area contributed by atoms with E-state index < -0.39 is 41.7 Å². The normalized spacial score (nSPS) is 36.9. The number of esters is 1. The summed E-state index contributed by atoms with van der Waals surface area (Å²) < 4.78 is 82.8. The lowest BCUT2D eigenvalue weighted by Crippen LogP contribution is -2.58. The first-order chi connectivity index (χ1) is 11.4. The Bertz CT molecular complexity index is 569. The number of hydrogen-bond donors (Lipinski definition) is 1. The molecule has 5 atom stereocenters. The first kappa shape index (κ1) is 18.5. The van der Waals surface area contributed by atoms with Crippen molar-refractivity contribution >= 4 is 5.97 Å². The highest BCUT2D eigenvalue weighted by atomic mass is 19.4. The van der Waals surface area contributed by atoms with Crippen molar-refractivity contribution in [1.82, 2.24) is 0 Å². The van der Waals surface area contributed by atoms with Gasteiger partial charge in [0.1, 0.15) is 0 Å². The van der Waals surface area contributed by atoms with Gasteiger partial charge in [0.15, 0.2) is 0 Å². The van der Waals surface area contributed by atoms with Gasteiger partial charge in [-0.2, -0.15) is 26.3 Å². The molecule has 1 N–H and O–H groups in total. The number of ether oxygens (including phenoxy) is 1. The van der Waals surface area contributed by atoms with E-state index in [9.17, 15) is 36.2 Å². The van der Waals surface area contributed by atoms with Gasteiger partial charge in [0.2, 0.25) is 0 Å². The Hall–Kier alpha value is -1.25. The van der Waals surface area contributed by atoms with Gasteiger partial charge in [0, 0.05) is 12.0 Å². The highest BCUT2D eigenvalue weighted by Gasteiger charge is 2.79. The van der Waals surface area contributed by atoms with Gasteiger partial charge in [-0.1, -0.05) is 6.58 Å². The minimum Gasteiger partial charge on any atom is -0.462 e. The number of aliphatic hydroxyl groups is 1. The molecule has 5 unspecified atom stereocenters. The van der Waals surface area contributed by atoms with Crippen molar-refractivity contribution < 1.29 is 41.0 Å². The van der Waals surface area contributed by atoms with E-state index in [2.05, 4.69) is 6.58 Å². The third-order valence-corrected chi connectivity index (χ3v) is 6.42. The lowest BCUT2D eigenvalue weighted by atomic mass is 9.78. The highest BCUT2D eigenvalue weighted by molar-refractivity contribution is 5.81. The van der Waals surface area contributed by atoms with Crippen LogP contribution in [0.2, 0.25) is 0 Å². The molecule has 0 amide bonds. The third kappa shape index (κ3) is 2.57. The van der Waals surface area contributed by atoms with Crippen molar-refractivity contribution in [3.8, 4) is 0 Å². The first-order valence-electron chi connectivity index (χ1n) is 8.02. The second-order valence-corrected chi connectivity index (χ2v) is 7.46. The van der Waals surface area contributed by atoms with E-state index in [0.29, 0.717) is 6.42 Å². The molecule has 0 radical (unpaired) electrons. The average molecular weight is 372 g/mol. The predicted molar refractivity (Wildman–Crippen MR) is 73.1 cm³/mol. The van der Waals surface area contributed by atoms with Crippen LogP contribution in [0.1, 0.15) is 25.7 Å². The number of halogens is 6. The molecule has 0 heterocycles. The second-order valence-electron chi connectivity index (χ2n) is 7.46. The number of hydrogen-bond acceptors (Lipinski definition) is 3. The summed E-state index contributed by atoms with van der Waals surface area (Å²) in [6.07, 6.45) is -10.5. The smallest absolute Gasteiger partial charge is 0.426 e. The van der Waals surface area contributed by atoms with Crippen molar-refractivity contribution in [3.63, 3.8) is 0 Å². The zero-order valence-corrected chi connectivity index (χ0v) is 13.2. The molecule has 3 aliphatic carbocycles. The molecule has 9 heteroatoms. The van der Waals surface area contributed by atoms with Gasteiger partial charge in [-0.25, -0.2) is 4.79 Å². The Morgan fingerprint density at radius 2 is 1.80 bits per heavy atom. The Balaban J connectivity index is 1.77. The molecule has 3 fully saturated rings. The molecule has 25 heavy (non-hydrogen) atoms. The van der Waals surface area contributed by atoms with E-state index in [0.717, 1.165) is 12.5 Å². The van der Waals surface area contributed by atoms with Crippen LogP contribution in [-0.2, 0) is 9.53 Å². The molecule has 0 aromatic rings. The zero-order valence-electron chi connectivity index (χ0n) is 13.2. The summed E-state index contributed by atoms with van der Waals surface area (Å²) in [7, 11) is 0. The molecule has 3 aliphatic rings. The molecule has 3 nitrogen and oxygen atoms in total. The number of fused-ring (bicyclic) bond motifs is 1. The molecule has 0 aliphatic heterocycles. The molecule has 2 bridgehead atoms. The number of alkyl halides is 6. The number of carbonyl (C=O) groups excluding carboxylic acids is 1. The van der Waals surface area contributed by atoms with E-state index in [1.54, 1.807) is 0 Å². The fraction of sp³-hybridized carbons (Fsp3) is 0.812. The quantitative estimate of drug-likeness (QED) is 0.456. The molecule has 1 spiro atoms. The fourth-order valence-electron chi connectivity index (χ4n) is 5.36. The lowest BCUT2D eigenvalue weighted by molar-refractivity contribution is -0.373. The van der Waals surface area contributed by atoms with Crippen LogP contribution >= 0.6 is 0 Å². The second kappa shape index (κ2) is 5.37. The summed E-state index contributed by atoms with van der Waals surface area (Å²) in [6, 6.07) is 0. The Morgan fingerprint density at radius 3 is 2.32 bits per heavy atom. The fourth-order valence-corrected chi connectivity index (χ4v) is 5.36. The first-order valence-corrected chi connectivity index (χ1v) is 8.02. The van der Waals surface area contributed by atoms with Crippen LogP contribution in [0.3, 0.4) is 0 Å². The maximum absolute atomic E-state index is 13.0. The number of carbonyl (C=O) groups is 1. The van der Waals surface area contributed by atoms with Gasteiger partial charge in [-0.3, -0.25) is 0 Å². The van der Waals surface area contributed by atoms with Crippen molar-refractivity contribution in [1.29, 1.82) is 0 Å². The standard InChI is InChI=1S/C16H18F6O3/c1-2-12(23)25-7-11-10-4-8-3-9(13(10,11)5-8)6-14(24,15(17,18)19)16(20,21)22/h2,8-11,24H,1,3-7H2. The van der Waals surface area contributed by atoms with Crippen molar-refractivity contribution in [2.75, 3.05) is 6.61 Å². The number of rotatable bonds is 5. The topological polar surface area (TPSA) is 46.5 Å². The predicted octanol–water partition coefficient (Wildman–Crippen LogP) is 3.62. The largest absolute Gasteiger partial charge is 0.462 e. The van der Waals surface area contributed by atoms with Crippen LogP contribution in [0.25, 0.3) is 0 Å². The van der Waals surface area contributed by atoms with E-state index in [1.807, 2.05) is 0 Å². The highest BCUT2D eigenvalue weighted by Crippen LogP contribution is 2.80. The molecule has 142 valence electrons. The minimum absolute atomic E-state index is 0.0325. The van der Waals surface area contributed by atoms with Gasteiger partial charge < -0.3 is 9.84 Å². The Morgan fingerprint density at radius 1 is 1.20 bits per heavy atom. The summed E-state index contributed by atoms with van der Waals surface area (Å²) in [4.78, 5) is 11.2. The summed E-state index contributed by atoms with van der Waals surface area (Å²) >= 11 is 0. The molecular formula is C16H18F6O3. The van der Waals surface area contributed by atoms with E-state index in [4.69, 9.17) is 4.74 Å². The minimum atomic E-state index is -5.79. The SMILES string of the molecule is C=CC(=O)OCC1C2CC3CC(CC(O)(C(F)(F)F)C(F)(F)F)C12C3. The van der Waals surface area contributed by atoms with Crippen LogP contribution in [-0.4, -0.2) is 35.6 Å². The monoisotopic (exact) mass is 372 g/mol. The summed E-state index contributed by atoms with van der Waals surface area (Å²) in [5.74, 6) is -1.77. The van der Waals surface area contributed by atoms with Gasteiger partial charge in [0.25, 0.3) is 5.60 Å². The molecular weight excluding hydrogens is 354 g/mol. The van der Waals surface area contributed by atoms with Crippen LogP contribution in [0.4, 0.5) is 26.3 Å². The van der Waals surface area contributed by atoms with Crippen molar-refractivity contribution in [2.45, 2.75) is 43.6 Å². The summed E-state index contributed by atoms with van der Waals surface area (Å²) in [5, 5.41) is 9.50. The zero-order chi connectivity index (χ0) is 18.8. The molecule has 3 rings (SSSR count). The van der Waals surface area contributed by atoms with Crippen LogP contribution in [0.15, 0.2) is 12.7 Å². The van der Waals surface area contributed by atoms with E-state index in [1.165, 1.54) is 0 Å². The molecule has 0 aromatic carbocycles. The van der Waals surface area contributed by atoms with Gasteiger partial charge in [0.05, 0.1) is 6.61 Å². The van der Waals surface area contributed by atoms with Crippen molar-refractivity contribution in [3.05, 3.63) is 12.7 Å². The average Bonchev–Trinajstić information content (AvgIpc) is 2.76. The van der Waals surface area contributed by atoms with Gasteiger partial charge in [-0.15, -0.1) is 0 Å². The molecule has 3 saturated carbocycles. The maximum atomic E-state index is 13.0. The van der Waals surface area contributed by atoms with Gasteiger partial charge in [-0.05, 0) is 48.9 Å². The molecule has 0 saturated heterocycles. The van der Waals surface area contributed by atoms with Crippen LogP contribution < -0.4 is 0 Å². The maximum Gasteiger partial charge on any atom is 0.426 e. The summed E-state index contributed by atoms with van der Waals surface area (Å²) in [5.41, 5.74) is -5.39. The van der Waals surface area contributed by atoms with Gasteiger partial charge >= 0.3 is 18.3 Å². The van der Waals surface area contributed by atoms with Crippen molar-refractivity contribution in [2.24, 2.45) is 29.1 Å². The Labute approximate surface area is 140 Å². The van der Waals surface area contributed by atoms with E-state index >= 15 is 0 Å².